The first-order chi connectivity index (χ1) is 25.8. The maximum absolute atomic E-state index is 6.44. The van der Waals surface area contributed by atoms with Crippen molar-refractivity contribution in [3.8, 4) is 22.6 Å². The van der Waals surface area contributed by atoms with Crippen LogP contribution in [0, 0.1) is 0 Å². The predicted molar refractivity (Wildman–Crippen MR) is 219 cm³/mol. The number of fused-ring (bicyclic) bond motifs is 13. The molecule has 5 heterocycles. The van der Waals surface area contributed by atoms with Gasteiger partial charge in [-0.15, -0.1) is 11.3 Å². The van der Waals surface area contributed by atoms with Crippen molar-refractivity contribution in [1.29, 1.82) is 0 Å². The van der Waals surface area contributed by atoms with Gasteiger partial charge in [-0.3, -0.25) is 4.98 Å². The highest BCUT2D eigenvalue weighted by Gasteiger charge is 2.22. The third-order valence-corrected chi connectivity index (χ3v) is 12.0. The molecule has 0 aliphatic carbocycles. The van der Waals surface area contributed by atoms with E-state index in [4.69, 9.17) is 9.40 Å². The largest absolute Gasteiger partial charge is 0.456 e. The summed E-state index contributed by atoms with van der Waals surface area (Å²) in [6.45, 7) is 0. The number of thiophene rings is 1. The van der Waals surface area contributed by atoms with Gasteiger partial charge in [0.25, 0.3) is 0 Å². The van der Waals surface area contributed by atoms with Crippen molar-refractivity contribution >= 4 is 97.1 Å². The van der Waals surface area contributed by atoms with Crippen molar-refractivity contribution in [3.05, 3.63) is 164 Å². The van der Waals surface area contributed by atoms with Gasteiger partial charge < -0.3 is 13.6 Å². The number of rotatable bonds is 3. The fourth-order valence-corrected chi connectivity index (χ4v) is 9.77. The first-order valence-corrected chi connectivity index (χ1v) is 18.4. The summed E-state index contributed by atoms with van der Waals surface area (Å²) in [5.74, 6) is 0. The van der Waals surface area contributed by atoms with Crippen LogP contribution < -0.4 is 0 Å². The molecular weight excluding hydrogens is 655 g/mol. The summed E-state index contributed by atoms with van der Waals surface area (Å²) in [6.07, 6.45) is 1.95. The van der Waals surface area contributed by atoms with Crippen molar-refractivity contribution < 1.29 is 4.42 Å². The molecule has 242 valence electrons. The van der Waals surface area contributed by atoms with Crippen LogP contribution >= 0.6 is 11.3 Å². The molecule has 0 spiro atoms. The van der Waals surface area contributed by atoms with E-state index in [9.17, 15) is 0 Å². The molecule has 0 N–H and O–H groups in total. The van der Waals surface area contributed by atoms with Gasteiger partial charge in [0, 0.05) is 77.0 Å². The molecule has 0 fully saturated rings. The molecule has 0 radical (unpaired) electrons. The minimum absolute atomic E-state index is 0.878. The van der Waals surface area contributed by atoms with Crippen LogP contribution in [0.1, 0.15) is 0 Å². The highest BCUT2D eigenvalue weighted by atomic mass is 32.1. The number of hydrogen-bond donors (Lipinski definition) is 0. The molecular formula is C47H27N3OS. The minimum atomic E-state index is 0.878. The second-order valence-corrected chi connectivity index (χ2v) is 14.6. The molecule has 7 aromatic carbocycles. The number of para-hydroxylation sites is 3. The summed E-state index contributed by atoms with van der Waals surface area (Å²) >= 11 is 1.82. The highest BCUT2D eigenvalue weighted by Crippen LogP contribution is 2.45. The van der Waals surface area contributed by atoms with E-state index in [2.05, 4.69) is 155 Å². The molecule has 12 aromatic rings. The van der Waals surface area contributed by atoms with Crippen LogP contribution in [0.4, 0.5) is 0 Å². The minimum Gasteiger partial charge on any atom is -0.456 e. The maximum Gasteiger partial charge on any atom is 0.137 e. The molecule has 0 bridgehead atoms. The fourth-order valence-electron chi connectivity index (χ4n) is 8.56. The summed E-state index contributed by atoms with van der Waals surface area (Å²) in [5, 5.41) is 9.70. The quantitative estimate of drug-likeness (QED) is 0.186. The molecule has 5 aromatic heterocycles. The Morgan fingerprint density at radius 3 is 1.98 bits per heavy atom. The molecule has 0 amide bonds. The van der Waals surface area contributed by atoms with Crippen molar-refractivity contribution in [1.82, 2.24) is 14.1 Å². The lowest BCUT2D eigenvalue weighted by molar-refractivity contribution is 0.668. The van der Waals surface area contributed by atoms with Crippen LogP contribution in [-0.2, 0) is 0 Å². The average Bonchev–Trinajstić information content (AvgIpc) is 3.95. The second-order valence-electron chi connectivity index (χ2n) is 13.5. The molecule has 0 unspecified atom stereocenters. The van der Waals surface area contributed by atoms with Gasteiger partial charge in [-0.1, -0.05) is 84.9 Å². The first-order valence-electron chi connectivity index (χ1n) is 17.5. The van der Waals surface area contributed by atoms with Crippen molar-refractivity contribution in [3.63, 3.8) is 0 Å². The molecule has 0 aliphatic heterocycles. The van der Waals surface area contributed by atoms with Crippen LogP contribution in [0.3, 0.4) is 0 Å². The summed E-state index contributed by atoms with van der Waals surface area (Å²) in [4.78, 5) is 5.01. The third-order valence-electron chi connectivity index (χ3n) is 10.8. The molecule has 0 atom stereocenters. The van der Waals surface area contributed by atoms with Gasteiger partial charge in [-0.2, -0.15) is 0 Å². The van der Waals surface area contributed by atoms with E-state index in [1.54, 1.807) is 0 Å². The zero-order chi connectivity index (χ0) is 33.9. The summed E-state index contributed by atoms with van der Waals surface area (Å²) in [7, 11) is 0. The van der Waals surface area contributed by atoms with Crippen LogP contribution in [-0.4, -0.2) is 14.1 Å². The van der Waals surface area contributed by atoms with Gasteiger partial charge in [-0.25, -0.2) is 0 Å². The molecule has 0 aliphatic rings. The average molecular weight is 682 g/mol. The molecule has 0 saturated carbocycles. The van der Waals surface area contributed by atoms with Gasteiger partial charge in [0.05, 0.1) is 32.5 Å². The van der Waals surface area contributed by atoms with Crippen molar-refractivity contribution in [2.75, 3.05) is 0 Å². The van der Waals surface area contributed by atoms with E-state index in [1.165, 1.54) is 52.8 Å². The molecule has 52 heavy (non-hydrogen) atoms. The van der Waals surface area contributed by atoms with Gasteiger partial charge in [0.1, 0.15) is 11.2 Å². The van der Waals surface area contributed by atoms with Crippen LogP contribution in [0.2, 0.25) is 0 Å². The van der Waals surface area contributed by atoms with E-state index in [1.807, 2.05) is 29.7 Å². The number of pyridine rings is 1. The smallest absolute Gasteiger partial charge is 0.137 e. The predicted octanol–water partition coefficient (Wildman–Crippen LogP) is 13.2. The number of benzene rings is 7. The lowest BCUT2D eigenvalue weighted by Gasteiger charge is -2.10. The monoisotopic (exact) mass is 681 g/mol. The summed E-state index contributed by atoms with van der Waals surface area (Å²) < 4.78 is 13.7. The number of nitrogens with zero attached hydrogens (tertiary/aromatic N) is 3. The van der Waals surface area contributed by atoms with Crippen molar-refractivity contribution in [2.45, 2.75) is 0 Å². The number of aromatic nitrogens is 3. The van der Waals surface area contributed by atoms with Crippen molar-refractivity contribution in [2.24, 2.45) is 0 Å². The van der Waals surface area contributed by atoms with E-state index in [0.717, 1.165) is 55.6 Å². The molecule has 0 saturated heterocycles. The normalized spacial score (nSPS) is 12.2. The van der Waals surface area contributed by atoms with Gasteiger partial charge in [0.15, 0.2) is 0 Å². The second kappa shape index (κ2) is 10.4. The Bertz CT molecular complexity index is 3420. The van der Waals surface area contributed by atoms with Crippen LogP contribution in [0.25, 0.3) is 108 Å². The Morgan fingerprint density at radius 2 is 1.12 bits per heavy atom. The topological polar surface area (TPSA) is 35.9 Å². The SMILES string of the molecule is c1ccc(-n2c3ccccc3c3c4c5ccc(-c6nccc7c6sc6ccccc67)cc5n(-c5ccc6c(c5)oc5ccccc56)c4ccc32)cc1. The number of hydrogen-bond acceptors (Lipinski definition) is 3. The Hall–Kier alpha value is -6.69. The molecule has 12 rings (SSSR count). The van der Waals surface area contributed by atoms with Gasteiger partial charge >= 0.3 is 0 Å². The maximum atomic E-state index is 6.44. The highest BCUT2D eigenvalue weighted by molar-refractivity contribution is 7.26. The van der Waals surface area contributed by atoms with Crippen LogP contribution in [0.15, 0.2) is 168 Å². The molecule has 4 nitrogen and oxygen atoms in total. The fraction of sp³-hybridized carbons (Fsp3) is 0. The van der Waals surface area contributed by atoms with Gasteiger partial charge in [-0.05, 0) is 66.7 Å². The lowest BCUT2D eigenvalue weighted by atomic mass is 10.0. The zero-order valence-corrected chi connectivity index (χ0v) is 28.6. The Morgan fingerprint density at radius 1 is 0.442 bits per heavy atom. The summed E-state index contributed by atoms with van der Waals surface area (Å²) in [5.41, 5.74) is 10.8. The van der Waals surface area contributed by atoms with E-state index >= 15 is 0 Å². The standard InChI is InChI=1S/C47H27N3OS/c1-2-10-29(11-3-1)49-37-15-7-4-14-35(37)44-38(49)22-23-39-45(44)36-20-18-28(46-47-34(24-25-48-46)33-13-6-9-17-43(33)52-47)26-40(36)50(39)30-19-21-32-31-12-5-8-16-41(31)51-42(32)27-30/h1-27H. The third kappa shape index (κ3) is 3.78. The number of furan rings is 1. The first kappa shape index (κ1) is 28.1. The summed E-state index contributed by atoms with van der Waals surface area (Å²) in [6, 6.07) is 56.7. The van der Waals surface area contributed by atoms with E-state index in [0.29, 0.717) is 0 Å². The Balaban J connectivity index is 1.21. The van der Waals surface area contributed by atoms with E-state index < -0.39 is 0 Å². The lowest BCUT2D eigenvalue weighted by Crippen LogP contribution is -1.95. The Kier molecular flexibility index (Phi) is 5.62. The Labute approximate surface area is 301 Å². The zero-order valence-electron chi connectivity index (χ0n) is 27.7. The van der Waals surface area contributed by atoms with Gasteiger partial charge in [0.2, 0.25) is 0 Å². The van der Waals surface area contributed by atoms with E-state index in [-0.39, 0.29) is 0 Å². The van der Waals surface area contributed by atoms with Crippen LogP contribution in [0.5, 0.6) is 0 Å². The molecule has 5 heteroatoms.